The first-order valence-electron chi connectivity index (χ1n) is 10.5. The van der Waals surface area contributed by atoms with Gasteiger partial charge < -0.3 is 34.3 Å². The summed E-state index contributed by atoms with van der Waals surface area (Å²) in [6.45, 7) is 10.7. The number of rotatable bonds is 4. The molecule has 2 N–H and O–H groups in total. The van der Waals surface area contributed by atoms with Gasteiger partial charge >= 0.3 is 0 Å². The first kappa shape index (κ1) is 22.2. The van der Waals surface area contributed by atoms with E-state index in [-0.39, 0.29) is 5.91 Å². The lowest BCUT2D eigenvalue weighted by Crippen LogP contribution is -2.60. The van der Waals surface area contributed by atoms with Crippen molar-refractivity contribution in [1.82, 2.24) is 5.32 Å². The van der Waals surface area contributed by atoms with Gasteiger partial charge in [0.05, 0.1) is 0 Å². The number of anilines is 1. The van der Waals surface area contributed by atoms with E-state index in [1.165, 1.54) is 0 Å². The number of amides is 2. The number of hydrogen-bond donors (Lipinski definition) is 2. The highest BCUT2D eigenvalue weighted by Crippen LogP contribution is 2.44. The highest BCUT2D eigenvalue weighted by Gasteiger charge is 2.62. The minimum Gasteiger partial charge on any atom is -0.342 e. The second-order valence-corrected chi connectivity index (χ2v) is 9.18. The average Bonchev–Trinajstić information content (AvgIpc) is 3.16. The van der Waals surface area contributed by atoms with Gasteiger partial charge in [-0.05, 0) is 53.7 Å². The number of aryl methyl sites for hydroxylation is 1. The summed E-state index contributed by atoms with van der Waals surface area (Å²) in [5, 5.41) is 5.50. The lowest BCUT2D eigenvalue weighted by Gasteiger charge is -2.36. The summed E-state index contributed by atoms with van der Waals surface area (Å²) in [5.41, 5.74) is 1.74. The molecule has 0 radical (unpaired) electrons. The third-order valence-corrected chi connectivity index (χ3v) is 5.48. The Labute approximate surface area is 181 Å². The Kier molecular flexibility index (Phi) is 5.60. The molecule has 4 rings (SSSR count). The van der Waals surface area contributed by atoms with Crippen LogP contribution in [-0.4, -0.2) is 60.1 Å². The zero-order chi connectivity index (χ0) is 22.6. The van der Waals surface area contributed by atoms with E-state index in [1.54, 1.807) is 34.6 Å². The van der Waals surface area contributed by atoms with Crippen molar-refractivity contribution in [2.45, 2.75) is 89.9 Å². The van der Waals surface area contributed by atoms with Gasteiger partial charge in [0.25, 0.3) is 5.91 Å². The maximum Gasteiger partial charge on any atom is 0.252 e. The Bertz CT molecular complexity index is 854. The predicted molar refractivity (Wildman–Crippen MR) is 110 cm³/mol. The highest BCUT2D eigenvalue weighted by atomic mass is 16.9. The third-order valence-electron chi connectivity index (χ3n) is 5.48. The fourth-order valence-electron chi connectivity index (χ4n) is 4.07. The lowest BCUT2D eigenvalue weighted by molar-refractivity contribution is -0.231. The van der Waals surface area contributed by atoms with Gasteiger partial charge in [-0.1, -0.05) is 17.7 Å². The van der Waals surface area contributed by atoms with Crippen LogP contribution < -0.4 is 10.6 Å². The van der Waals surface area contributed by atoms with E-state index in [4.69, 9.17) is 23.7 Å². The Morgan fingerprint density at radius 3 is 2.16 bits per heavy atom. The van der Waals surface area contributed by atoms with Crippen molar-refractivity contribution in [3.63, 3.8) is 0 Å². The van der Waals surface area contributed by atoms with Crippen LogP contribution in [-0.2, 0) is 33.3 Å². The summed E-state index contributed by atoms with van der Waals surface area (Å²) in [5.74, 6) is -2.60. The summed E-state index contributed by atoms with van der Waals surface area (Å²) >= 11 is 0. The van der Waals surface area contributed by atoms with Crippen LogP contribution in [0, 0.1) is 6.92 Å². The van der Waals surface area contributed by atoms with Crippen molar-refractivity contribution in [2.24, 2.45) is 0 Å². The molecule has 1 aromatic rings. The number of carbonyl (C=O) groups is 2. The smallest absolute Gasteiger partial charge is 0.252 e. The van der Waals surface area contributed by atoms with E-state index in [0.29, 0.717) is 5.69 Å². The maximum absolute atomic E-state index is 13.1. The van der Waals surface area contributed by atoms with Crippen LogP contribution in [0.4, 0.5) is 5.69 Å². The highest BCUT2D eigenvalue weighted by molar-refractivity contribution is 5.97. The van der Waals surface area contributed by atoms with E-state index in [2.05, 4.69) is 10.6 Å². The van der Waals surface area contributed by atoms with E-state index in [0.717, 1.165) is 5.56 Å². The maximum atomic E-state index is 13.1. The minimum atomic E-state index is -1.01. The normalized spacial score (nSPS) is 33.8. The average molecular weight is 434 g/mol. The molecule has 1 aromatic carbocycles. The molecular weight excluding hydrogens is 404 g/mol. The molecule has 3 fully saturated rings. The molecule has 0 saturated carbocycles. The van der Waals surface area contributed by atoms with Gasteiger partial charge in [-0.25, -0.2) is 0 Å². The van der Waals surface area contributed by atoms with E-state index < -0.39 is 54.2 Å². The topological polar surface area (TPSA) is 104 Å². The monoisotopic (exact) mass is 434 g/mol. The van der Waals surface area contributed by atoms with Crippen LogP contribution in [0.1, 0.15) is 40.2 Å². The predicted octanol–water partition coefficient (Wildman–Crippen LogP) is 1.83. The molecule has 0 unspecified atom stereocenters. The Morgan fingerprint density at radius 2 is 1.48 bits per heavy atom. The molecule has 3 saturated heterocycles. The standard InChI is InChI=1S/C22H30N2O7/c1-11-7-9-13(10-8-11)24-18(25)12(2)23-19(26)16-14-15(29-21(3,4)28-14)17-20(27-16)31-22(5,6)30-17/h7-10,12,14-17,20H,1-6H3,(H,23,26)(H,24,25)/t12-,14-,15+,16+,17-,20-/m1/s1. The molecule has 6 atom stereocenters. The van der Waals surface area contributed by atoms with Gasteiger partial charge in [0.1, 0.15) is 24.4 Å². The van der Waals surface area contributed by atoms with Gasteiger partial charge in [-0.2, -0.15) is 0 Å². The number of nitrogens with one attached hydrogen (secondary N) is 2. The Hall–Kier alpha value is -2.04. The molecule has 9 nitrogen and oxygen atoms in total. The zero-order valence-corrected chi connectivity index (χ0v) is 18.6. The fourth-order valence-corrected chi connectivity index (χ4v) is 4.07. The van der Waals surface area contributed by atoms with Gasteiger partial charge in [-0.15, -0.1) is 0 Å². The van der Waals surface area contributed by atoms with Crippen LogP contribution in [0.5, 0.6) is 0 Å². The second-order valence-electron chi connectivity index (χ2n) is 9.18. The second kappa shape index (κ2) is 7.83. The first-order valence-corrected chi connectivity index (χ1v) is 10.5. The van der Waals surface area contributed by atoms with Gasteiger partial charge in [-0.3, -0.25) is 9.59 Å². The molecule has 0 spiro atoms. The molecule has 0 bridgehead atoms. The van der Waals surface area contributed by atoms with Crippen molar-refractivity contribution < 1.29 is 33.3 Å². The summed E-state index contributed by atoms with van der Waals surface area (Å²) < 4.78 is 29.7. The number of hydrogen-bond acceptors (Lipinski definition) is 7. The summed E-state index contributed by atoms with van der Waals surface area (Å²) in [6, 6.07) is 6.62. The van der Waals surface area contributed by atoms with Gasteiger partial charge in [0, 0.05) is 5.69 Å². The molecule has 3 heterocycles. The number of benzene rings is 1. The molecule has 3 aliphatic rings. The molecule has 3 aliphatic heterocycles. The number of ether oxygens (including phenoxy) is 5. The fraction of sp³-hybridized carbons (Fsp3) is 0.636. The molecule has 2 amide bonds. The SMILES string of the molecule is Cc1ccc(NC(=O)[C@@H](C)NC(=O)[C@H]2O[C@@H]3OC(C)(C)O[C@@H]3[C@H]3OC(C)(C)O[C@H]32)cc1. The molecular formula is C22H30N2O7. The van der Waals surface area contributed by atoms with Crippen molar-refractivity contribution in [3.8, 4) is 0 Å². The molecule has 9 heteroatoms. The van der Waals surface area contributed by atoms with Crippen molar-refractivity contribution in [3.05, 3.63) is 29.8 Å². The number of fused-ring (bicyclic) bond motifs is 3. The van der Waals surface area contributed by atoms with Crippen LogP contribution >= 0.6 is 0 Å². The third kappa shape index (κ3) is 4.61. The summed E-state index contributed by atoms with van der Waals surface area (Å²) in [7, 11) is 0. The summed E-state index contributed by atoms with van der Waals surface area (Å²) in [4.78, 5) is 25.6. The van der Waals surface area contributed by atoms with E-state index in [9.17, 15) is 9.59 Å². The Morgan fingerprint density at radius 1 is 0.903 bits per heavy atom. The van der Waals surface area contributed by atoms with Crippen LogP contribution in [0.25, 0.3) is 0 Å². The van der Waals surface area contributed by atoms with E-state index >= 15 is 0 Å². The largest absolute Gasteiger partial charge is 0.342 e. The minimum absolute atomic E-state index is 0.340. The zero-order valence-electron chi connectivity index (χ0n) is 18.6. The van der Waals surface area contributed by atoms with Crippen molar-refractivity contribution in [1.29, 1.82) is 0 Å². The lowest BCUT2D eigenvalue weighted by atomic mass is 9.98. The summed E-state index contributed by atoms with van der Waals surface area (Å²) in [6.07, 6.45) is -3.54. The van der Waals surface area contributed by atoms with E-state index in [1.807, 2.05) is 31.2 Å². The number of carbonyl (C=O) groups excluding carboxylic acids is 2. The molecule has 0 aromatic heterocycles. The first-order chi connectivity index (χ1) is 14.4. The van der Waals surface area contributed by atoms with Crippen molar-refractivity contribution >= 4 is 17.5 Å². The van der Waals surface area contributed by atoms with Crippen LogP contribution in [0.2, 0.25) is 0 Å². The Balaban J connectivity index is 1.44. The molecule has 31 heavy (non-hydrogen) atoms. The van der Waals surface area contributed by atoms with Crippen LogP contribution in [0.15, 0.2) is 24.3 Å². The van der Waals surface area contributed by atoms with Crippen LogP contribution in [0.3, 0.4) is 0 Å². The van der Waals surface area contributed by atoms with Gasteiger partial charge in [0.15, 0.2) is 24.0 Å². The molecule has 0 aliphatic carbocycles. The van der Waals surface area contributed by atoms with Gasteiger partial charge in [0.2, 0.25) is 5.91 Å². The quantitative estimate of drug-likeness (QED) is 0.745. The molecule has 170 valence electrons. The van der Waals surface area contributed by atoms with Crippen molar-refractivity contribution in [2.75, 3.05) is 5.32 Å².